The van der Waals surface area contributed by atoms with Crippen molar-refractivity contribution in [3.05, 3.63) is 23.8 Å². The standard InChI is InChI=1S/C8H13N7/c1-6(7-3-4-10-15(7)2)9-5-8-11-13-14-12-8/h3-4,6,9H,5H2,1-2H3,(H,11,12,13,14). The minimum Gasteiger partial charge on any atom is -0.302 e. The van der Waals surface area contributed by atoms with Gasteiger partial charge in [0.1, 0.15) is 0 Å². The van der Waals surface area contributed by atoms with Crippen LogP contribution in [-0.4, -0.2) is 30.4 Å². The summed E-state index contributed by atoms with van der Waals surface area (Å²) >= 11 is 0. The second kappa shape index (κ2) is 4.18. The molecule has 7 heteroatoms. The van der Waals surface area contributed by atoms with E-state index in [2.05, 4.69) is 38.0 Å². The lowest BCUT2D eigenvalue weighted by Crippen LogP contribution is -2.21. The Morgan fingerprint density at radius 2 is 2.47 bits per heavy atom. The van der Waals surface area contributed by atoms with Crippen molar-refractivity contribution in [1.82, 2.24) is 35.7 Å². The number of aryl methyl sites for hydroxylation is 1. The summed E-state index contributed by atoms with van der Waals surface area (Å²) in [6.45, 7) is 2.65. The van der Waals surface area contributed by atoms with Crippen LogP contribution in [0.5, 0.6) is 0 Å². The molecule has 2 aromatic heterocycles. The Morgan fingerprint density at radius 3 is 3.07 bits per heavy atom. The smallest absolute Gasteiger partial charge is 0.188 e. The zero-order valence-corrected chi connectivity index (χ0v) is 8.68. The van der Waals surface area contributed by atoms with E-state index in [-0.39, 0.29) is 6.04 Å². The molecule has 0 bridgehead atoms. The van der Waals surface area contributed by atoms with Gasteiger partial charge in [0, 0.05) is 19.3 Å². The third-order valence-corrected chi connectivity index (χ3v) is 2.26. The lowest BCUT2D eigenvalue weighted by atomic mass is 10.2. The van der Waals surface area contributed by atoms with Gasteiger partial charge in [-0.1, -0.05) is 5.21 Å². The van der Waals surface area contributed by atoms with Crippen molar-refractivity contribution >= 4 is 0 Å². The SMILES string of the molecule is CC(NCc1nn[nH]n1)c1ccnn1C. The largest absolute Gasteiger partial charge is 0.302 e. The van der Waals surface area contributed by atoms with Crippen molar-refractivity contribution in [3.63, 3.8) is 0 Å². The van der Waals surface area contributed by atoms with Crippen molar-refractivity contribution in [1.29, 1.82) is 0 Å². The molecule has 0 fully saturated rings. The molecule has 0 saturated heterocycles. The van der Waals surface area contributed by atoms with Gasteiger partial charge in [-0.25, -0.2) is 0 Å². The van der Waals surface area contributed by atoms with Crippen LogP contribution in [0.15, 0.2) is 12.3 Å². The predicted octanol–water partition coefficient (Wildman–Crippen LogP) is -0.216. The minimum absolute atomic E-state index is 0.205. The molecule has 0 aromatic carbocycles. The van der Waals surface area contributed by atoms with E-state index in [0.29, 0.717) is 12.4 Å². The summed E-state index contributed by atoms with van der Waals surface area (Å²) in [5, 5.41) is 21.0. The normalized spacial score (nSPS) is 12.9. The maximum Gasteiger partial charge on any atom is 0.188 e. The van der Waals surface area contributed by atoms with Crippen LogP contribution in [0, 0.1) is 0 Å². The van der Waals surface area contributed by atoms with Gasteiger partial charge in [0.05, 0.1) is 12.2 Å². The minimum atomic E-state index is 0.205. The molecule has 2 N–H and O–H groups in total. The molecule has 1 atom stereocenters. The van der Waals surface area contributed by atoms with Crippen molar-refractivity contribution in [2.24, 2.45) is 7.05 Å². The first-order valence-electron chi connectivity index (χ1n) is 4.71. The van der Waals surface area contributed by atoms with Crippen molar-refractivity contribution < 1.29 is 0 Å². The highest BCUT2D eigenvalue weighted by Crippen LogP contribution is 2.10. The van der Waals surface area contributed by atoms with Crippen LogP contribution in [-0.2, 0) is 13.6 Å². The summed E-state index contributed by atoms with van der Waals surface area (Å²) in [5.74, 6) is 0.656. The third kappa shape index (κ3) is 2.18. The van der Waals surface area contributed by atoms with Crippen molar-refractivity contribution in [2.75, 3.05) is 0 Å². The number of aromatic amines is 1. The van der Waals surface area contributed by atoms with E-state index in [9.17, 15) is 0 Å². The molecule has 0 spiro atoms. The molecule has 0 radical (unpaired) electrons. The molecule has 1 unspecified atom stereocenters. The Kier molecular flexibility index (Phi) is 2.72. The van der Waals surface area contributed by atoms with Crippen LogP contribution in [0.1, 0.15) is 24.5 Å². The zero-order chi connectivity index (χ0) is 10.7. The van der Waals surface area contributed by atoms with Gasteiger partial charge in [-0.15, -0.1) is 10.2 Å². The topological polar surface area (TPSA) is 84.3 Å². The quantitative estimate of drug-likeness (QED) is 0.724. The third-order valence-electron chi connectivity index (χ3n) is 2.26. The summed E-state index contributed by atoms with van der Waals surface area (Å²) in [5.41, 5.74) is 1.12. The Bertz CT molecular complexity index is 404. The van der Waals surface area contributed by atoms with Gasteiger partial charge >= 0.3 is 0 Å². The molecule has 2 heterocycles. The number of tetrazole rings is 1. The highest BCUT2D eigenvalue weighted by molar-refractivity contribution is 5.05. The van der Waals surface area contributed by atoms with Gasteiger partial charge < -0.3 is 5.32 Å². The number of hydrogen-bond donors (Lipinski definition) is 2. The summed E-state index contributed by atoms with van der Waals surface area (Å²) < 4.78 is 1.84. The lowest BCUT2D eigenvalue weighted by molar-refractivity contribution is 0.520. The molecule has 2 aromatic rings. The van der Waals surface area contributed by atoms with Crippen LogP contribution in [0.4, 0.5) is 0 Å². The fourth-order valence-electron chi connectivity index (χ4n) is 1.42. The average Bonchev–Trinajstić information content (AvgIpc) is 2.84. The Labute approximate surface area is 86.9 Å². The molecular weight excluding hydrogens is 194 g/mol. The molecular formula is C8H13N7. The first-order valence-corrected chi connectivity index (χ1v) is 4.71. The van der Waals surface area contributed by atoms with E-state index in [1.807, 2.05) is 17.8 Å². The van der Waals surface area contributed by atoms with E-state index in [1.165, 1.54) is 0 Å². The summed E-state index contributed by atoms with van der Waals surface area (Å²) in [7, 11) is 1.92. The number of nitrogens with one attached hydrogen (secondary N) is 2. The molecule has 0 saturated carbocycles. The molecule has 0 aliphatic carbocycles. The average molecular weight is 207 g/mol. The van der Waals surface area contributed by atoms with E-state index in [0.717, 1.165) is 5.69 Å². The molecule has 2 rings (SSSR count). The summed E-state index contributed by atoms with van der Waals surface area (Å²) in [6.07, 6.45) is 1.78. The molecule has 7 nitrogen and oxygen atoms in total. The van der Waals surface area contributed by atoms with Gasteiger partial charge in [0.15, 0.2) is 5.82 Å². The van der Waals surface area contributed by atoms with Gasteiger partial charge in [0.25, 0.3) is 0 Å². The van der Waals surface area contributed by atoms with Gasteiger partial charge in [0.2, 0.25) is 0 Å². The van der Waals surface area contributed by atoms with Crippen molar-refractivity contribution in [2.45, 2.75) is 19.5 Å². The zero-order valence-electron chi connectivity index (χ0n) is 8.68. The maximum atomic E-state index is 4.11. The van der Waals surface area contributed by atoms with Crippen LogP contribution < -0.4 is 5.32 Å². The van der Waals surface area contributed by atoms with E-state index in [4.69, 9.17) is 0 Å². The molecule has 0 aliphatic heterocycles. The number of hydrogen-bond acceptors (Lipinski definition) is 5. The van der Waals surface area contributed by atoms with Crippen LogP contribution in [0.25, 0.3) is 0 Å². The van der Waals surface area contributed by atoms with Crippen LogP contribution in [0.3, 0.4) is 0 Å². The monoisotopic (exact) mass is 207 g/mol. The Morgan fingerprint density at radius 1 is 1.60 bits per heavy atom. The van der Waals surface area contributed by atoms with Gasteiger partial charge in [-0.2, -0.15) is 10.3 Å². The van der Waals surface area contributed by atoms with E-state index < -0.39 is 0 Å². The Hall–Kier alpha value is -1.76. The molecule has 0 aliphatic rings. The maximum absolute atomic E-state index is 4.11. The van der Waals surface area contributed by atoms with Crippen molar-refractivity contribution in [3.8, 4) is 0 Å². The summed E-state index contributed by atoms with van der Waals surface area (Å²) in [6, 6.07) is 2.18. The molecule has 15 heavy (non-hydrogen) atoms. The second-order valence-corrected chi connectivity index (χ2v) is 3.31. The predicted molar refractivity (Wildman–Crippen MR) is 52.6 cm³/mol. The van der Waals surface area contributed by atoms with Gasteiger partial charge in [-0.05, 0) is 13.0 Å². The fourth-order valence-corrected chi connectivity index (χ4v) is 1.42. The number of aromatic nitrogens is 6. The first kappa shape index (κ1) is 9.78. The number of nitrogens with zero attached hydrogens (tertiary/aromatic N) is 5. The fraction of sp³-hybridized carbons (Fsp3) is 0.500. The first-order chi connectivity index (χ1) is 7.27. The number of rotatable bonds is 4. The van der Waals surface area contributed by atoms with Gasteiger partial charge in [-0.3, -0.25) is 4.68 Å². The number of H-pyrrole nitrogens is 1. The molecule has 0 amide bonds. The van der Waals surface area contributed by atoms with E-state index >= 15 is 0 Å². The summed E-state index contributed by atoms with van der Waals surface area (Å²) in [4.78, 5) is 0. The highest BCUT2D eigenvalue weighted by Gasteiger charge is 2.09. The van der Waals surface area contributed by atoms with Crippen LogP contribution in [0.2, 0.25) is 0 Å². The Balaban J connectivity index is 1.93. The van der Waals surface area contributed by atoms with E-state index in [1.54, 1.807) is 6.20 Å². The second-order valence-electron chi connectivity index (χ2n) is 3.31. The highest BCUT2D eigenvalue weighted by atomic mass is 15.5. The molecule has 80 valence electrons. The lowest BCUT2D eigenvalue weighted by Gasteiger charge is -2.12. The van der Waals surface area contributed by atoms with Crippen LogP contribution >= 0.6 is 0 Å².